The summed E-state index contributed by atoms with van der Waals surface area (Å²) in [5, 5.41) is 8.87. The van der Waals surface area contributed by atoms with Gasteiger partial charge in [0.2, 0.25) is 0 Å². The van der Waals surface area contributed by atoms with E-state index in [4.69, 9.17) is 22.1 Å². The molecule has 0 fully saturated rings. The predicted molar refractivity (Wildman–Crippen MR) is 79.0 cm³/mol. The molecule has 0 unspecified atom stereocenters. The molecule has 0 saturated carbocycles. The molecule has 0 atom stereocenters. The molecule has 2 aromatic rings. The van der Waals surface area contributed by atoms with Crippen LogP contribution >= 0.6 is 11.6 Å². The Bertz CT molecular complexity index is 529. The van der Waals surface area contributed by atoms with Crippen molar-refractivity contribution in [1.82, 2.24) is 15.0 Å². The smallest absolute Gasteiger partial charge is 0.120 e. The van der Waals surface area contributed by atoms with Crippen molar-refractivity contribution in [3.8, 4) is 5.75 Å². The van der Waals surface area contributed by atoms with Gasteiger partial charge in [-0.2, -0.15) is 0 Å². The Kier molecular flexibility index (Phi) is 5.83. The van der Waals surface area contributed by atoms with Crippen LogP contribution < -0.4 is 10.5 Å². The van der Waals surface area contributed by atoms with Crippen LogP contribution in [0.25, 0.3) is 0 Å². The Morgan fingerprint density at radius 2 is 2.20 bits per heavy atom. The average Bonchev–Trinajstić information content (AvgIpc) is 2.87. The minimum atomic E-state index is 0.534. The van der Waals surface area contributed by atoms with Crippen LogP contribution in [0.1, 0.15) is 18.5 Å². The summed E-state index contributed by atoms with van der Waals surface area (Å²) in [4.78, 5) is 0. The number of ether oxygens (including phenoxy) is 1. The lowest BCUT2D eigenvalue weighted by Crippen LogP contribution is -2.08. The molecule has 0 aliphatic heterocycles. The maximum atomic E-state index is 5.89. The summed E-state index contributed by atoms with van der Waals surface area (Å²) in [5.74, 6) is 0.765. The standard InChI is InChI=1S/C14H19ClN4O/c15-12-4-3-6-14(10-12)20-9-8-19-11-13(17-18-19)5-1-2-7-16/h3-4,6,10-11H,1-2,5,7-9,16H2. The van der Waals surface area contributed by atoms with Gasteiger partial charge in [-0.15, -0.1) is 5.10 Å². The first kappa shape index (κ1) is 14.8. The first-order valence-electron chi connectivity index (χ1n) is 6.75. The van der Waals surface area contributed by atoms with Gasteiger partial charge in [-0.05, 0) is 44.0 Å². The molecular weight excluding hydrogens is 276 g/mol. The number of aryl methyl sites for hydroxylation is 1. The number of aromatic nitrogens is 3. The quantitative estimate of drug-likeness (QED) is 0.759. The lowest BCUT2D eigenvalue weighted by atomic mass is 10.2. The first-order valence-corrected chi connectivity index (χ1v) is 7.13. The molecule has 1 aromatic heterocycles. The molecule has 6 heteroatoms. The van der Waals surface area contributed by atoms with Crippen molar-refractivity contribution in [2.75, 3.05) is 13.2 Å². The van der Waals surface area contributed by atoms with E-state index < -0.39 is 0 Å². The molecule has 0 bridgehead atoms. The van der Waals surface area contributed by atoms with Gasteiger partial charge in [0.1, 0.15) is 12.4 Å². The van der Waals surface area contributed by atoms with Crippen molar-refractivity contribution in [3.05, 3.63) is 41.2 Å². The summed E-state index contributed by atoms with van der Waals surface area (Å²) in [6.45, 7) is 1.92. The van der Waals surface area contributed by atoms with Crippen molar-refractivity contribution >= 4 is 11.6 Å². The molecule has 0 saturated heterocycles. The molecule has 0 radical (unpaired) electrons. The molecule has 0 aliphatic carbocycles. The highest BCUT2D eigenvalue weighted by molar-refractivity contribution is 6.30. The summed E-state index contributed by atoms with van der Waals surface area (Å²) in [5.41, 5.74) is 6.46. The normalized spacial score (nSPS) is 10.7. The van der Waals surface area contributed by atoms with Crippen LogP contribution in [0.5, 0.6) is 5.75 Å². The van der Waals surface area contributed by atoms with Crippen LogP contribution in [0.2, 0.25) is 5.02 Å². The van der Waals surface area contributed by atoms with Crippen LogP contribution in [0.3, 0.4) is 0 Å². The number of unbranched alkanes of at least 4 members (excludes halogenated alkanes) is 1. The van der Waals surface area contributed by atoms with Crippen LogP contribution in [0, 0.1) is 0 Å². The zero-order valence-corrected chi connectivity index (χ0v) is 12.1. The van der Waals surface area contributed by atoms with Crippen LogP contribution in [-0.2, 0) is 13.0 Å². The summed E-state index contributed by atoms with van der Waals surface area (Å²) in [7, 11) is 0. The maximum Gasteiger partial charge on any atom is 0.120 e. The van der Waals surface area contributed by atoms with E-state index in [0.717, 1.165) is 37.3 Å². The fraction of sp³-hybridized carbons (Fsp3) is 0.429. The summed E-state index contributed by atoms with van der Waals surface area (Å²) in [6.07, 6.45) is 4.95. The third-order valence-electron chi connectivity index (χ3n) is 2.86. The van der Waals surface area contributed by atoms with Crippen molar-refractivity contribution in [2.45, 2.75) is 25.8 Å². The molecule has 20 heavy (non-hydrogen) atoms. The number of hydrogen-bond acceptors (Lipinski definition) is 4. The van der Waals surface area contributed by atoms with Gasteiger partial charge in [-0.25, -0.2) is 4.68 Å². The monoisotopic (exact) mass is 294 g/mol. The first-order chi connectivity index (χ1) is 9.78. The van der Waals surface area contributed by atoms with E-state index in [-0.39, 0.29) is 0 Å². The second-order valence-electron chi connectivity index (χ2n) is 4.52. The zero-order chi connectivity index (χ0) is 14.2. The highest BCUT2D eigenvalue weighted by atomic mass is 35.5. The number of nitrogens with zero attached hydrogens (tertiary/aromatic N) is 3. The minimum absolute atomic E-state index is 0.534. The minimum Gasteiger partial charge on any atom is -0.492 e. The summed E-state index contributed by atoms with van der Waals surface area (Å²) < 4.78 is 7.40. The van der Waals surface area contributed by atoms with E-state index in [1.807, 2.05) is 24.4 Å². The molecule has 1 heterocycles. The van der Waals surface area contributed by atoms with Gasteiger partial charge in [0, 0.05) is 11.2 Å². The van der Waals surface area contributed by atoms with Gasteiger partial charge >= 0.3 is 0 Å². The van der Waals surface area contributed by atoms with E-state index in [2.05, 4.69) is 10.3 Å². The molecule has 2 N–H and O–H groups in total. The third-order valence-corrected chi connectivity index (χ3v) is 3.09. The second-order valence-corrected chi connectivity index (χ2v) is 4.96. The maximum absolute atomic E-state index is 5.89. The van der Waals surface area contributed by atoms with Gasteiger partial charge in [0.25, 0.3) is 0 Å². The molecule has 2 rings (SSSR count). The van der Waals surface area contributed by atoms with E-state index >= 15 is 0 Å². The van der Waals surface area contributed by atoms with Gasteiger partial charge < -0.3 is 10.5 Å². The van der Waals surface area contributed by atoms with E-state index in [1.54, 1.807) is 10.7 Å². The molecule has 1 aromatic carbocycles. The average molecular weight is 295 g/mol. The fourth-order valence-corrected chi connectivity index (χ4v) is 2.01. The Morgan fingerprint density at radius 3 is 3.00 bits per heavy atom. The third kappa shape index (κ3) is 4.83. The second kappa shape index (κ2) is 7.87. The lowest BCUT2D eigenvalue weighted by Gasteiger charge is -2.05. The molecule has 0 amide bonds. The molecule has 108 valence electrons. The van der Waals surface area contributed by atoms with Gasteiger partial charge in [-0.1, -0.05) is 22.9 Å². The number of nitrogens with two attached hydrogens (primary N) is 1. The van der Waals surface area contributed by atoms with E-state index in [0.29, 0.717) is 18.2 Å². The molecule has 5 nitrogen and oxygen atoms in total. The highest BCUT2D eigenvalue weighted by Gasteiger charge is 2.01. The number of halogens is 1. The van der Waals surface area contributed by atoms with Crippen LogP contribution in [0.15, 0.2) is 30.5 Å². The van der Waals surface area contributed by atoms with E-state index in [9.17, 15) is 0 Å². The zero-order valence-electron chi connectivity index (χ0n) is 11.3. The molecule has 0 spiro atoms. The SMILES string of the molecule is NCCCCc1cn(CCOc2cccc(Cl)c2)nn1. The van der Waals surface area contributed by atoms with Crippen LogP contribution in [-0.4, -0.2) is 28.1 Å². The van der Waals surface area contributed by atoms with Gasteiger partial charge in [0.05, 0.1) is 12.2 Å². The van der Waals surface area contributed by atoms with Gasteiger partial charge in [0.15, 0.2) is 0 Å². The Balaban J connectivity index is 1.74. The van der Waals surface area contributed by atoms with Gasteiger partial charge in [-0.3, -0.25) is 0 Å². The fourth-order valence-electron chi connectivity index (χ4n) is 1.83. The molecular formula is C14H19ClN4O. The van der Waals surface area contributed by atoms with Crippen molar-refractivity contribution in [1.29, 1.82) is 0 Å². The number of rotatable bonds is 8. The largest absolute Gasteiger partial charge is 0.492 e. The Hall–Kier alpha value is -1.59. The molecule has 0 aliphatic rings. The van der Waals surface area contributed by atoms with Crippen LogP contribution in [0.4, 0.5) is 0 Å². The van der Waals surface area contributed by atoms with Crippen molar-refractivity contribution < 1.29 is 4.74 Å². The summed E-state index contributed by atoms with van der Waals surface area (Å²) >= 11 is 5.89. The van der Waals surface area contributed by atoms with E-state index in [1.165, 1.54) is 0 Å². The predicted octanol–water partition coefficient (Wildman–Crippen LogP) is 2.29. The highest BCUT2D eigenvalue weighted by Crippen LogP contribution is 2.16. The topological polar surface area (TPSA) is 66.0 Å². The Labute approximate surface area is 123 Å². The lowest BCUT2D eigenvalue weighted by molar-refractivity contribution is 0.289. The summed E-state index contributed by atoms with van der Waals surface area (Å²) in [6, 6.07) is 7.36. The number of benzene rings is 1. The van der Waals surface area contributed by atoms with Crippen molar-refractivity contribution in [2.24, 2.45) is 5.73 Å². The van der Waals surface area contributed by atoms with Crippen molar-refractivity contribution in [3.63, 3.8) is 0 Å². The number of hydrogen-bond donors (Lipinski definition) is 1. The Morgan fingerprint density at radius 1 is 1.30 bits per heavy atom.